The second-order valence-corrected chi connectivity index (χ2v) is 5.77. The predicted molar refractivity (Wildman–Crippen MR) is 76.4 cm³/mol. The SMILES string of the molecule is CCCCCCOC(CNCC(C)C)C(C)C. The van der Waals surface area contributed by atoms with Gasteiger partial charge in [0.15, 0.2) is 0 Å². The van der Waals surface area contributed by atoms with Gasteiger partial charge in [0.25, 0.3) is 0 Å². The molecule has 0 radical (unpaired) electrons. The maximum absolute atomic E-state index is 5.97. The molecule has 1 atom stereocenters. The molecular weight excluding hydrogens is 210 g/mol. The summed E-state index contributed by atoms with van der Waals surface area (Å²) >= 11 is 0. The average molecular weight is 243 g/mol. The third kappa shape index (κ3) is 10.8. The minimum Gasteiger partial charge on any atom is -0.377 e. The molecule has 2 nitrogen and oxygen atoms in total. The largest absolute Gasteiger partial charge is 0.377 e. The van der Waals surface area contributed by atoms with Gasteiger partial charge in [0.05, 0.1) is 6.10 Å². The molecule has 0 aliphatic carbocycles. The third-order valence-electron chi connectivity index (χ3n) is 2.97. The van der Waals surface area contributed by atoms with E-state index in [4.69, 9.17) is 4.74 Å². The van der Waals surface area contributed by atoms with Crippen molar-refractivity contribution in [1.29, 1.82) is 0 Å². The molecule has 0 rings (SSSR count). The average Bonchev–Trinajstić information content (AvgIpc) is 2.25. The Bertz CT molecular complexity index is 157. The number of hydrogen-bond acceptors (Lipinski definition) is 2. The maximum atomic E-state index is 5.97. The van der Waals surface area contributed by atoms with E-state index in [1.54, 1.807) is 0 Å². The smallest absolute Gasteiger partial charge is 0.0722 e. The van der Waals surface area contributed by atoms with Crippen LogP contribution in [-0.2, 0) is 4.74 Å². The van der Waals surface area contributed by atoms with E-state index >= 15 is 0 Å². The van der Waals surface area contributed by atoms with Crippen LogP contribution in [0.4, 0.5) is 0 Å². The quantitative estimate of drug-likeness (QED) is 0.556. The van der Waals surface area contributed by atoms with Crippen molar-refractivity contribution in [2.24, 2.45) is 11.8 Å². The first-order chi connectivity index (χ1) is 8.07. The van der Waals surface area contributed by atoms with E-state index < -0.39 is 0 Å². The predicted octanol–water partition coefficient (Wildman–Crippen LogP) is 3.85. The monoisotopic (exact) mass is 243 g/mol. The van der Waals surface area contributed by atoms with Gasteiger partial charge < -0.3 is 10.1 Å². The van der Waals surface area contributed by atoms with Crippen molar-refractivity contribution in [3.05, 3.63) is 0 Å². The second kappa shape index (κ2) is 11.0. The molecule has 0 fully saturated rings. The molecular formula is C15H33NO. The lowest BCUT2D eigenvalue weighted by molar-refractivity contribution is 0.0205. The number of unbranched alkanes of at least 4 members (excludes halogenated alkanes) is 3. The first-order valence-corrected chi connectivity index (χ1v) is 7.40. The van der Waals surface area contributed by atoms with E-state index in [-0.39, 0.29) is 0 Å². The summed E-state index contributed by atoms with van der Waals surface area (Å²) in [6.45, 7) is 14.2. The molecule has 0 aromatic carbocycles. The summed E-state index contributed by atoms with van der Waals surface area (Å²) in [5.74, 6) is 1.31. The molecule has 0 aliphatic heterocycles. The summed E-state index contributed by atoms with van der Waals surface area (Å²) in [5.41, 5.74) is 0. The molecule has 0 bridgehead atoms. The van der Waals surface area contributed by atoms with E-state index in [0.29, 0.717) is 17.9 Å². The Morgan fingerprint density at radius 3 is 2.18 bits per heavy atom. The van der Waals surface area contributed by atoms with Crippen LogP contribution in [0.5, 0.6) is 0 Å². The van der Waals surface area contributed by atoms with Crippen LogP contribution < -0.4 is 5.32 Å². The van der Waals surface area contributed by atoms with Crippen molar-refractivity contribution < 1.29 is 4.74 Å². The molecule has 0 aliphatic rings. The van der Waals surface area contributed by atoms with Crippen molar-refractivity contribution in [2.45, 2.75) is 66.4 Å². The van der Waals surface area contributed by atoms with Gasteiger partial charge in [0, 0.05) is 13.2 Å². The highest BCUT2D eigenvalue weighted by atomic mass is 16.5. The molecule has 0 aromatic rings. The van der Waals surface area contributed by atoms with E-state index in [1.165, 1.54) is 25.7 Å². The lowest BCUT2D eigenvalue weighted by Gasteiger charge is -2.22. The van der Waals surface area contributed by atoms with Gasteiger partial charge in [-0.15, -0.1) is 0 Å². The van der Waals surface area contributed by atoms with Crippen molar-refractivity contribution in [3.8, 4) is 0 Å². The lowest BCUT2D eigenvalue weighted by Crippen LogP contribution is -2.35. The molecule has 1 unspecified atom stereocenters. The van der Waals surface area contributed by atoms with Crippen LogP contribution in [0, 0.1) is 11.8 Å². The first-order valence-electron chi connectivity index (χ1n) is 7.40. The molecule has 104 valence electrons. The topological polar surface area (TPSA) is 21.3 Å². The van der Waals surface area contributed by atoms with E-state index in [9.17, 15) is 0 Å². The van der Waals surface area contributed by atoms with Crippen LogP contribution in [0.15, 0.2) is 0 Å². The van der Waals surface area contributed by atoms with Gasteiger partial charge in [-0.05, 0) is 24.8 Å². The zero-order valence-electron chi connectivity index (χ0n) is 12.6. The van der Waals surface area contributed by atoms with Crippen LogP contribution in [0.3, 0.4) is 0 Å². The van der Waals surface area contributed by atoms with E-state index in [1.807, 2.05) is 0 Å². The summed E-state index contributed by atoms with van der Waals surface area (Å²) in [6.07, 6.45) is 5.52. The zero-order chi connectivity index (χ0) is 13.1. The summed E-state index contributed by atoms with van der Waals surface area (Å²) in [7, 11) is 0. The number of nitrogens with one attached hydrogen (secondary N) is 1. The third-order valence-corrected chi connectivity index (χ3v) is 2.97. The molecule has 0 aromatic heterocycles. The first kappa shape index (κ1) is 16.9. The number of rotatable bonds is 11. The Morgan fingerprint density at radius 1 is 0.941 bits per heavy atom. The summed E-state index contributed by atoms with van der Waals surface area (Å²) in [4.78, 5) is 0. The summed E-state index contributed by atoms with van der Waals surface area (Å²) in [6, 6.07) is 0. The highest BCUT2D eigenvalue weighted by molar-refractivity contribution is 4.66. The van der Waals surface area contributed by atoms with Gasteiger partial charge >= 0.3 is 0 Å². The van der Waals surface area contributed by atoms with Crippen LogP contribution in [-0.4, -0.2) is 25.8 Å². The lowest BCUT2D eigenvalue weighted by atomic mass is 10.1. The van der Waals surface area contributed by atoms with Crippen molar-refractivity contribution in [2.75, 3.05) is 19.7 Å². The van der Waals surface area contributed by atoms with Gasteiger partial charge in [-0.3, -0.25) is 0 Å². The summed E-state index contributed by atoms with van der Waals surface area (Å²) in [5, 5.41) is 3.49. The Kier molecular flexibility index (Phi) is 11.0. The molecule has 2 heteroatoms. The molecule has 1 N–H and O–H groups in total. The molecule has 0 heterocycles. The maximum Gasteiger partial charge on any atom is 0.0722 e. The number of ether oxygens (including phenoxy) is 1. The van der Waals surface area contributed by atoms with Gasteiger partial charge in [-0.25, -0.2) is 0 Å². The van der Waals surface area contributed by atoms with Crippen LogP contribution in [0.2, 0.25) is 0 Å². The van der Waals surface area contributed by atoms with Gasteiger partial charge in [0.2, 0.25) is 0 Å². The minimum atomic E-state index is 0.371. The second-order valence-electron chi connectivity index (χ2n) is 5.77. The Morgan fingerprint density at radius 2 is 1.65 bits per heavy atom. The van der Waals surface area contributed by atoms with Crippen LogP contribution >= 0.6 is 0 Å². The fraction of sp³-hybridized carbons (Fsp3) is 1.00. The Hall–Kier alpha value is -0.0800. The fourth-order valence-electron chi connectivity index (χ4n) is 1.76. The standard InChI is InChI=1S/C15H33NO/c1-6-7-8-9-10-17-15(14(4)5)12-16-11-13(2)3/h13-16H,6-12H2,1-5H3. The van der Waals surface area contributed by atoms with E-state index in [0.717, 1.165) is 19.7 Å². The zero-order valence-corrected chi connectivity index (χ0v) is 12.6. The Labute approximate surface area is 109 Å². The fourth-order valence-corrected chi connectivity index (χ4v) is 1.76. The van der Waals surface area contributed by atoms with E-state index in [2.05, 4.69) is 39.9 Å². The van der Waals surface area contributed by atoms with Gasteiger partial charge in [-0.1, -0.05) is 53.9 Å². The molecule has 0 saturated heterocycles. The molecule has 17 heavy (non-hydrogen) atoms. The normalized spacial score (nSPS) is 13.6. The van der Waals surface area contributed by atoms with Crippen LogP contribution in [0.1, 0.15) is 60.3 Å². The van der Waals surface area contributed by atoms with Crippen molar-refractivity contribution in [3.63, 3.8) is 0 Å². The van der Waals surface area contributed by atoms with Crippen LogP contribution in [0.25, 0.3) is 0 Å². The summed E-state index contributed by atoms with van der Waals surface area (Å²) < 4.78 is 5.97. The van der Waals surface area contributed by atoms with Gasteiger partial charge in [0.1, 0.15) is 0 Å². The molecule has 0 saturated carbocycles. The van der Waals surface area contributed by atoms with Gasteiger partial charge in [-0.2, -0.15) is 0 Å². The Balaban J connectivity index is 3.60. The highest BCUT2D eigenvalue weighted by Gasteiger charge is 2.13. The number of hydrogen-bond donors (Lipinski definition) is 1. The minimum absolute atomic E-state index is 0.371. The van der Waals surface area contributed by atoms with Crippen molar-refractivity contribution >= 4 is 0 Å². The highest BCUT2D eigenvalue weighted by Crippen LogP contribution is 2.08. The molecule has 0 amide bonds. The molecule has 0 spiro atoms. The van der Waals surface area contributed by atoms with Crippen molar-refractivity contribution in [1.82, 2.24) is 5.32 Å².